The number of rotatable bonds is 4. The largest absolute Gasteiger partial charge is 0.464 e. The van der Waals surface area contributed by atoms with Crippen molar-refractivity contribution in [3.8, 4) is 0 Å². The summed E-state index contributed by atoms with van der Waals surface area (Å²) in [6, 6.07) is 8.73. The topological polar surface area (TPSA) is 55.4 Å². The van der Waals surface area contributed by atoms with E-state index in [1.54, 1.807) is 31.2 Å². The van der Waals surface area contributed by atoms with Crippen molar-refractivity contribution in [3.05, 3.63) is 47.2 Å². The van der Waals surface area contributed by atoms with Gasteiger partial charge >= 0.3 is 5.97 Å². The van der Waals surface area contributed by atoms with E-state index >= 15 is 0 Å². The number of benzene rings is 1. The Morgan fingerprint density at radius 2 is 1.83 bits per heavy atom. The summed E-state index contributed by atoms with van der Waals surface area (Å²) in [5, 5.41) is 2.60. The summed E-state index contributed by atoms with van der Waals surface area (Å²) >= 11 is 0. The molecule has 0 unspecified atom stereocenters. The summed E-state index contributed by atoms with van der Waals surface area (Å²) in [5.74, 6) is -0.845. The highest BCUT2D eigenvalue weighted by molar-refractivity contribution is 6.01. The summed E-state index contributed by atoms with van der Waals surface area (Å²) < 4.78 is 4.66. The van der Waals surface area contributed by atoms with Crippen LogP contribution in [-0.4, -0.2) is 19.0 Å². The molecule has 0 spiro atoms. The Morgan fingerprint density at radius 3 is 2.33 bits per heavy atom. The van der Waals surface area contributed by atoms with Crippen molar-refractivity contribution >= 4 is 11.9 Å². The molecular weight excluding hydrogens is 230 g/mol. The molecule has 0 aliphatic heterocycles. The molecule has 0 radical (unpaired) electrons. The van der Waals surface area contributed by atoms with Crippen molar-refractivity contribution in [3.63, 3.8) is 0 Å². The van der Waals surface area contributed by atoms with Gasteiger partial charge < -0.3 is 10.1 Å². The number of nitrogens with one attached hydrogen (secondary N) is 1. The number of carbonyl (C=O) groups excluding carboxylic acids is 2. The van der Waals surface area contributed by atoms with Crippen molar-refractivity contribution in [2.45, 2.75) is 20.3 Å². The highest BCUT2D eigenvalue weighted by Gasteiger charge is 2.16. The Morgan fingerprint density at radius 1 is 1.22 bits per heavy atom. The maximum absolute atomic E-state index is 11.9. The molecule has 1 rings (SSSR count). The Bertz CT molecular complexity index is 463. The molecule has 0 aliphatic carbocycles. The maximum atomic E-state index is 11.9. The van der Waals surface area contributed by atoms with Crippen LogP contribution in [0, 0.1) is 0 Å². The number of hydrogen-bond donors (Lipinski definition) is 1. The predicted molar refractivity (Wildman–Crippen MR) is 68.9 cm³/mol. The molecule has 1 aromatic rings. The molecule has 1 N–H and O–H groups in total. The Labute approximate surface area is 107 Å². The highest BCUT2D eigenvalue weighted by Crippen LogP contribution is 2.08. The molecule has 0 saturated carbocycles. The van der Waals surface area contributed by atoms with Crippen molar-refractivity contribution in [2.75, 3.05) is 7.11 Å². The van der Waals surface area contributed by atoms with Gasteiger partial charge in [-0.1, -0.05) is 25.1 Å². The lowest BCUT2D eigenvalue weighted by Gasteiger charge is -2.11. The lowest BCUT2D eigenvalue weighted by molar-refractivity contribution is -0.136. The molecule has 18 heavy (non-hydrogen) atoms. The minimum atomic E-state index is -0.529. The third-order valence-corrected chi connectivity index (χ3v) is 2.62. The van der Waals surface area contributed by atoms with Crippen molar-refractivity contribution in [1.29, 1.82) is 0 Å². The van der Waals surface area contributed by atoms with Crippen LogP contribution < -0.4 is 5.32 Å². The van der Waals surface area contributed by atoms with E-state index in [9.17, 15) is 9.59 Å². The zero-order valence-corrected chi connectivity index (χ0v) is 10.8. The SMILES string of the molecule is CCC(C)=C(NC(=O)c1ccccc1)C(=O)OC. The van der Waals surface area contributed by atoms with Gasteiger partial charge in [-0.2, -0.15) is 0 Å². The van der Waals surface area contributed by atoms with E-state index in [0.29, 0.717) is 12.0 Å². The molecule has 0 fully saturated rings. The molecule has 0 atom stereocenters. The van der Waals surface area contributed by atoms with Gasteiger partial charge in [0, 0.05) is 5.56 Å². The second kappa shape index (κ2) is 6.59. The zero-order valence-electron chi connectivity index (χ0n) is 10.8. The summed E-state index contributed by atoms with van der Waals surface area (Å²) in [7, 11) is 1.29. The molecule has 1 aromatic carbocycles. The highest BCUT2D eigenvalue weighted by atomic mass is 16.5. The van der Waals surface area contributed by atoms with E-state index in [-0.39, 0.29) is 11.6 Å². The molecule has 0 aliphatic rings. The number of methoxy groups -OCH3 is 1. The Hall–Kier alpha value is -2.10. The minimum absolute atomic E-state index is 0.217. The molecule has 0 aromatic heterocycles. The van der Waals surface area contributed by atoms with E-state index in [0.717, 1.165) is 5.57 Å². The van der Waals surface area contributed by atoms with E-state index in [2.05, 4.69) is 10.1 Å². The molecule has 96 valence electrons. The van der Waals surface area contributed by atoms with E-state index in [1.807, 2.05) is 13.0 Å². The van der Waals surface area contributed by atoms with Gasteiger partial charge in [0.2, 0.25) is 0 Å². The average molecular weight is 247 g/mol. The van der Waals surface area contributed by atoms with Gasteiger partial charge in [0.05, 0.1) is 7.11 Å². The second-order valence-electron chi connectivity index (χ2n) is 3.82. The second-order valence-corrected chi connectivity index (χ2v) is 3.82. The van der Waals surface area contributed by atoms with Crippen LogP contribution in [0.15, 0.2) is 41.6 Å². The monoisotopic (exact) mass is 247 g/mol. The van der Waals surface area contributed by atoms with Gasteiger partial charge in [-0.15, -0.1) is 0 Å². The molecule has 0 bridgehead atoms. The number of allylic oxidation sites excluding steroid dienone is 1. The van der Waals surface area contributed by atoms with Gasteiger partial charge in [0.1, 0.15) is 5.70 Å². The van der Waals surface area contributed by atoms with Crippen LogP contribution in [0.25, 0.3) is 0 Å². The van der Waals surface area contributed by atoms with Crippen LogP contribution in [0.3, 0.4) is 0 Å². The Kier molecular flexibility index (Phi) is 5.11. The first kappa shape index (κ1) is 14.0. The van der Waals surface area contributed by atoms with E-state index in [4.69, 9.17) is 0 Å². The fraction of sp³-hybridized carbons (Fsp3) is 0.286. The number of amides is 1. The summed E-state index contributed by atoms with van der Waals surface area (Å²) in [4.78, 5) is 23.5. The number of ether oxygens (including phenoxy) is 1. The van der Waals surface area contributed by atoms with Crippen LogP contribution in [0.1, 0.15) is 30.6 Å². The molecule has 0 heterocycles. The van der Waals surface area contributed by atoms with Crippen LogP contribution in [0.2, 0.25) is 0 Å². The molecular formula is C14H17NO3. The van der Waals surface area contributed by atoms with Crippen molar-refractivity contribution in [1.82, 2.24) is 5.32 Å². The summed E-state index contributed by atoms with van der Waals surface area (Å²) in [5.41, 5.74) is 1.50. The number of esters is 1. The smallest absolute Gasteiger partial charge is 0.354 e. The summed E-state index contributed by atoms with van der Waals surface area (Å²) in [6.07, 6.45) is 0.666. The van der Waals surface area contributed by atoms with Crippen LogP contribution in [0.4, 0.5) is 0 Å². The van der Waals surface area contributed by atoms with E-state index < -0.39 is 5.97 Å². The van der Waals surface area contributed by atoms with E-state index in [1.165, 1.54) is 7.11 Å². The standard InChI is InChI=1S/C14H17NO3/c1-4-10(2)12(14(17)18-3)15-13(16)11-8-6-5-7-9-11/h5-9H,4H2,1-3H3,(H,15,16). The normalized spacial score (nSPS) is 11.5. The summed E-state index contributed by atoms with van der Waals surface area (Å²) in [6.45, 7) is 3.70. The Balaban J connectivity index is 2.93. The van der Waals surface area contributed by atoms with Crippen molar-refractivity contribution in [2.24, 2.45) is 0 Å². The first-order valence-electron chi connectivity index (χ1n) is 5.74. The zero-order chi connectivity index (χ0) is 13.5. The molecule has 4 nitrogen and oxygen atoms in total. The average Bonchev–Trinajstić information content (AvgIpc) is 2.43. The van der Waals surface area contributed by atoms with Gasteiger partial charge in [0.15, 0.2) is 0 Å². The fourth-order valence-electron chi connectivity index (χ4n) is 1.39. The van der Waals surface area contributed by atoms with Gasteiger partial charge in [0.25, 0.3) is 5.91 Å². The number of carbonyl (C=O) groups is 2. The number of hydrogen-bond acceptors (Lipinski definition) is 3. The van der Waals surface area contributed by atoms with Crippen LogP contribution in [-0.2, 0) is 9.53 Å². The molecule has 1 amide bonds. The van der Waals surface area contributed by atoms with Gasteiger partial charge in [-0.25, -0.2) is 4.79 Å². The minimum Gasteiger partial charge on any atom is -0.464 e. The maximum Gasteiger partial charge on any atom is 0.354 e. The molecule has 4 heteroatoms. The van der Waals surface area contributed by atoms with Crippen LogP contribution >= 0.6 is 0 Å². The quantitative estimate of drug-likeness (QED) is 0.656. The third-order valence-electron chi connectivity index (χ3n) is 2.62. The van der Waals surface area contributed by atoms with Gasteiger partial charge in [-0.3, -0.25) is 4.79 Å². The van der Waals surface area contributed by atoms with Crippen LogP contribution in [0.5, 0.6) is 0 Å². The van der Waals surface area contributed by atoms with Crippen molar-refractivity contribution < 1.29 is 14.3 Å². The first-order valence-corrected chi connectivity index (χ1v) is 5.74. The fourth-order valence-corrected chi connectivity index (χ4v) is 1.39. The first-order chi connectivity index (χ1) is 8.60. The lowest BCUT2D eigenvalue weighted by atomic mass is 10.1. The van der Waals surface area contributed by atoms with Gasteiger partial charge in [-0.05, 0) is 31.1 Å². The third kappa shape index (κ3) is 3.45. The molecule has 0 saturated heterocycles. The lowest BCUT2D eigenvalue weighted by Crippen LogP contribution is -2.29. The predicted octanol–water partition coefficient (Wildman–Crippen LogP) is 2.27.